The molecular formula is C24H32N8O. The fraction of sp³-hybridized carbons (Fsp3) is 0.417. The van der Waals surface area contributed by atoms with E-state index in [1.54, 1.807) is 4.68 Å². The van der Waals surface area contributed by atoms with E-state index in [1.807, 2.05) is 62.7 Å². The van der Waals surface area contributed by atoms with Crippen molar-refractivity contribution in [2.45, 2.75) is 38.5 Å². The normalized spacial score (nSPS) is 16.4. The zero-order chi connectivity index (χ0) is 23.4. The Hall–Kier alpha value is -3.46. The molecule has 2 N–H and O–H groups in total. The molecule has 33 heavy (non-hydrogen) atoms. The SMILES string of the molecule is C[C@H]1Cc2cnc(NCc3ccn(C)n3)nc2CN1C(=O)N[C@H](CN(C)C)c1ccccc1. The number of amides is 2. The molecule has 9 nitrogen and oxygen atoms in total. The van der Waals surface area contributed by atoms with Crippen molar-refractivity contribution in [3.05, 3.63) is 71.3 Å². The first-order valence-corrected chi connectivity index (χ1v) is 11.2. The molecule has 0 saturated carbocycles. The summed E-state index contributed by atoms with van der Waals surface area (Å²) in [6.07, 6.45) is 4.50. The molecule has 1 aliphatic rings. The second-order valence-corrected chi connectivity index (χ2v) is 8.86. The summed E-state index contributed by atoms with van der Waals surface area (Å²) in [6.45, 7) is 3.79. The van der Waals surface area contributed by atoms with Crippen LogP contribution in [-0.2, 0) is 26.6 Å². The molecular weight excluding hydrogens is 416 g/mol. The standard InChI is InChI=1S/C24H32N8O/c1-17-12-19-13-25-23(26-14-20-10-11-31(4)29-20)27-22(19)16-32(17)24(33)28-21(15-30(2)3)18-8-6-5-7-9-18/h5-11,13,17,21H,12,14-16H2,1-4H3,(H,28,33)(H,25,26,27)/t17-,21+/m0/s1. The van der Waals surface area contributed by atoms with Crippen molar-refractivity contribution < 1.29 is 4.79 Å². The van der Waals surface area contributed by atoms with Gasteiger partial charge in [-0.05, 0) is 44.6 Å². The smallest absolute Gasteiger partial charge is 0.318 e. The predicted molar refractivity (Wildman–Crippen MR) is 128 cm³/mol. The third-order valence-corrected chi connectivity index (χ3v) is 5.83. The molecule has 0 unspecified atom stereocenters. The van der Waals surface area contributed by atoms with E-state index in [0.717, 1.165) is 35.5 Å². The molecule has 0 bridgehead atoms. The Morgan fingerprint density at radius 1 is 1.24 bits per heavy atom. The van der Waals surface area contributed by atoms with E-state index in [-0.39, 0.29) is 18.1 Å². The van der Waals surface area contributed by atoms with Crippen LogP contribution in [0.1, 0.15) is 35.5 Å². The van der Waals surface area contributed by atoms with Crippen LogP contribution in [0.25, 0.3) is 0 Å². The van der Waals surface area contributed by atoms with Gasteiger partial charge in [-0.2, -0.15) is 5.10 Å². The molecule has 0 radical (unpaired) electrons. The van der Waals surface area contributed by atoms with Crippen LogP contribution in [-0.4, -0.2) is 62.3 Å². The van der Waals surface area contributed by atoms with Crippen LogP contribution in [0.2, 0.25) is 0 Å². The minimum Gasteiger partial charge on any atom is -0.348 e. The maximum absolute atomic E-state index is 13.3. The monoisotopic (exact) mass is 448 g/mol. The van der Waals surface area contributed by atoms with E-state index < -0.39 is 0 Å². The van der Waals surface area contributed by atoms with Crippen molar-refractivity contribution in [1.82, 2.24) is 34.9 Å². The van der Waals surface area contributed by atoms with Gasteiger partial charge in [-0.3, -0.25) is 4.68 Å². The Balaban J connectivity index is 1.45. The van der Waals surface area contributed by atoms with Crippen molar-refractivity contribution in [3.8, 4) is 0 Å². The number of carbonyl (C=O) groups is 1. The van der Waals surface area contributed by atoms with E-state index >= 15 is 0 Å². The van der Waals surface area contributed by atoms with Gasteiger partial charge in [-0.1, -0.05) is 30.3 Å². The van der Waals surface area contributed by atoms with Crippen molar-refractivity contribution in [1.29, 1.82) is 0 Å². The van der Waals surface area contributed by atoms with E-state index in [4.69, 9.17) is 4.98 Å². The van der Waals surface area contributed by atoms with Crippen LogP contribution in [0.15, 0.2) is 48.8 Å². The number of rotatable bonds is 7. The predicted octanol–water partition coefficient (Wildman–Crippen LogP) is 2.58. The first kappa shape index (κ1) is 22.7. The number of carbonyl (C=O) groups excluding carboxylic acids is 1. The first-order valence-electron chi connectivity index (χ1n) is 11.2. The second kappa shape index (κ2) is 9.99. The summed E-state index contributed by atoms with van der Waals surface area (Å²) in [6, 6.07) is 11.9. The van der Waals surface area contributed by atoms with E-state index in [1.165, 1.54) is 0 Å². The van der Waals surface area contributed by atoms with Gasteiger partial charge in [0, 0.05) is 32.0 Å². The van der Waals surface area contributed by atoms with Gasteiger partial charge in [0.15, 0.2) is 0 Å². The summed E-state index contributed by atoms with van der Waals surface area (Å²) < 4.78 is 1.77. The molecule has 0 aliphatic carbocycles. The molecule has 0 spiro atoms. The average molecular weight is 449 g/mol. The highest BCUT2D eigenvalue weighted by atomic mass is 16.2. The zero-order valence-electron chi connectivity index (χ0n) is 19.7. The lowest BCUT2D eigenvalue weighted by molar-refractivity contribution is 0.161. The molecule has 174 valence electrons. The molecule has 9 heteroatoms. The van der Waals surface area contributed by atoms with E-state index in [9.17, 15) is 4.79 Å². The number of aryl methyl sites for hydroxylation is 1. The van der Waals surface area contributed by atoms with Gasteiger partial charge in [0.2, 0.25) is 5.95 Å². The number of anilines is 1. The summed E-state index contributed by atoms with van der Waals surface area (Å²) in [4.78, 5) is 26.4. The molecule has 3 aromatic rings. The van der Waals surface area contributed by atoms with E-state index in [0.29, 0.717) is 19.0 Å². The van der Waals surface area contributed by atoms with Crippen molar-refractivity contribution >= 4 is 12.0 Å². The van der Waals surface area contributed by atoms with Crippen LogP contribution in [0.3, 0.4) is 0 Å². The van der Waals surface area contributed by atoms with Gasteiger partial charge in [0.1, 0.15) is 0 Å². The minimum absolute atomic E-state index is 0.0595. The van der Waals surface area contributed by atoms with Crippen LogP contribution in [0.5, 0.6) is 0 Å². The van der Waals surface area contributed by atoms with Gasteiger partial charge in [-0.15, -0.1) is 0 Å². The maximum Gasteiger partial charge on any atom is 0.318 e. The number of hydrogen-bond donors (Lipinski definition) is 2. The quantitative estimate of drug-likeness (QED) is 0.577. The van der Waals surface area contributed by atoms with Crippen molar-refractivity contribution in [3.63, 3.8) is 0 Å². The number of nitrogens with one attached hydrogen (secondary N) is 2. The Bertz CT molecular complexity index is 1080. The van der Waals surface area contributed by atoms with Crippen LogP contribution in [0, 0.1) is 0 Å². The van der Waals surface area contributed by atoms with Gasteiger partial charge in [0.25, 0.3) is 0 Å². The topological polar surface area (TPSA) is 91.2 Å². The largest absolute Gasteiger partial charge is 0.348 e. The number of hydrogen-bond acceptors (Lipinski definition) is 6. The number of likely N-dealkylation sites (N-methyl/N-ethyl adjacent to an activating group) is 1. The maximum atomic E-state index is 13.3. The number of aromatic nitrogens is 4. The highest BCUT2D eigenvalue weighted by Crippen LogP contribution is 2.23. The third kappa shape index (κ3) is 5.67. The molecule has 1 aliphatic heterocycles. The number of fused-ring (bicyclic) bond motifs is 1. The molecule has 0 saturated heterocycles. The summed E-state index contributed by atoms with van der Waals surface area (Å²) in [5.41, 5.74) is 3.97. The molecule has 0 fully saturated rings. The van der Waals surface area contributed by atoms with Crippen molar-refractivity contribution in [2.24, 2.45) is 7.05 Å². The average Bonchev–Trinajstić information content (AvgIpc) is 3.22. The number of benzene rings is 1. The molecule has 2 atom stereocenters. The van der Waals surface area contributed by atoms with Crippen LogP contribution >= 0.6 is 0 Å². The fourth-order valence-electron chi connectivity index (χ4n) is 4.10. The lowest BCUT2D eigenvalue weighted by Gasteiger charge is -2.35. The summed E-state index contributed by atoms with van der Waals surface area (Å²) in [7, 11) is 5.91. The first-order chi connectivity index (χ1) is 15.9. The Morgan fingerprint density at radius 3 is 2.73 bits per heavy atom. The lowest BCUT2D eigenvalue weighted by atomic mass is 10.0. The minimum atomic E-state index is -0.0942. The third-order valence-electron chi connectivity index (χ3n) is 5.83. The van der Waals surface area contributed by atoms with Gasteiger partial charge >= 0.3 is 6.03 Å². The molecule has 2 aromatic heterocycles. The Labute approximate surface area is 194 Å². The lowest BCUT2D eigenvalue weighted by Crippen LogP contribution is -2.50. The summed E-state index contributed by atoms with van der Waals surface area (Å²) in [5.74, 6) is 0.545. The zero-order valence-corrected chi connectivity index (χ0v) is 19.7. The molecule has 4 rings (SSSR count). The highest BCUT2D eigenvalue weighted by molar-refractivity contribution is 5.75. The molecule has 3 heterocycles. The van der Waals surface area contributed by atoms with Crippen LogP contribution in [0.4, 0.5) is 10.7 Å². The second-order valence-electron chi connectivity index (χ2n) is 8.86. The Kier molecular flexibility index (Phi) is 6.88. The highest BCUT2D eigenvalue weighted by Gasteiger charge is 2.30. The molecule has 1 aromatic carbocycles. The van der Waals surface area contributed by atoms with Gasteiger partial charge < -0.3 is 20.4 Å². The van der Waals surface area contributed by atoms with Crippen molar-refractivity contribution in [2.75, 3.05) is 26.0 Å². The number of urea groups is 1. The van der Waals surface area contributed by atoms with Gasteiger partial charge in [-0.25, -0.2) is 14.8 Å². The van der Waals surface area contributed by atoms with Crippen LogP contribution < -0.4 is 10.6 Å². The summed E-state index contributed by atoms with van der Waals surface area (Å²) in [5, 5.41) is 10.8. The Morgan fingerprint density at radius 2 is 2.03 bits per heavy atom. The summed E-state index contributed by atoms with van der Waals surface area (Å²) >= 11 is 0. The van der Waals surface area contributed by atoms with E-state index in [2.05, 4.69) is 44.7 Å². The molecule has 2 amide bonds. The van der Waals surface area contributed by atoms with Gasteiger partial charge in [0.05, 0.1) is 30.5 Å². The fourth-order valence-corrected chi connectivity index (χ4v) is 4.10. The number of nitrogens with zero attached hydrogens (tertiary/aromatic N) is 6.